The van der Waals surface area contributed by atoms with Gasteiger partial charge in [0.05, 0.1) is 24.2 Å². The number of aromatic nitrogens is 4. The van der Waals surface area contributed by atoms with Gasteiger partial charge in [-0.15, -0.1) is 0 Å². The maximum Gasteiger partial charge on any atom is 0.262 e. The lowest BCUT2D eigenvalue weighted by molar-refractivity contribution is 0.0878. The van der Waals surface area contributed by atoms with Crippen molar-refractivity contribution in [3.63, 3.8) is 0 Å². The summed E-state index contributed by atoms with van der Waals surface area (Å²) in [5, 5.41) is 2.93. The van der Waals surface area contributed by atoms with Gasteiger partial charge in [-0.25, -0.2) is 15.0 Å². The molecule has 11 nitrogen and oxygen atoms in total. The number of nitrogens with one attached hydrogen (secondary N) is 1. The molecule has 0 spiro atoms. The highest BCUT2D eigenvalue weighted by Gasteiger charge is 2.19. The van der Waals surface area contributed by atoms with Crippen molar-refractivity contribution in [2.24, 2.45) is 7.05 Å². The largest absolute Gasteiger partial charge is 0.487 e. The fourth-order valence-electron chi connectivity index (χ4n) is 2.80. The Morgan fingerprint density at radius 2 is 1.86 bits per heavy atom. The van der Waals surface area contributed by atoms with Crippen molar-refractivity contribution in [1.29, 1.82) is 0 Å². The van der Waals surface area contributed by atoms with Crippen LogP contribution in [0.2, 0.25) is 0 Å². The van der Waals surface area contributed by atoms with E-state index in [0.29, 0.717) is 36.7 Å². The van der Waals surface area contributed by atoms with Crippen LogP contribution >= 0.6 is 0 Å². The highest BCUT2D eigenvalue weighted by atomic mass is 16.6. The molecule has 0 aliphatic carbocycles. The zero-order chi connectivity index (χ0) is 20.4. The second kappa shape index (κ2) is 7.72. The molecule has 1 aliphatic rings. The van der Waals surface area contributed by atoms with Gasteiger partial charge in [0.1, 0.15) is 18.7 Å². The number of anilines is 2. The van der Waals surface area contributed by atoms with E-state index in [2.05, 4.69) is 20.3 Å². The van der Waals surface area contributed by atoms with E-state index in [1.54, 1.807) is 12.1 Å². The van der Waals surface area contributed by atoms with Gasteiger partial charge in [-0.3, -0.25) is 19.5 Å². The van der Waals surface area contributed by atoms with Crippen molar-refractivity contribution in [3.8, 4) is 11.5 Å². The number of benzene rings is 1. The molecule has 0 fully saturated rings. The van der Waals surface area contributed by atoms with Crippen LogP contribution in [0.5, 0.6) is 11.5 Å². The molecule has 0 saturated heterocycles. The smallest absolute Gasteiger partial charge is 0.262 e. The average Bonchev–Trinajstić information content (AvgIpc) is 2.84. The predicted molar refractivity (Wildman–Crippen MR) is 103 cm³/mol. The van der Waals surface area contributed by atoms with E-state index in [9.17, 15) is 9.59 Å². The van der Waals surface area contributed by atoms with Crippen LogP contribution in [0, 0.1) is 0 Å². The Morgan fingerprint density at radius 1 is 1.14 bits per heavy atom. The quantitative estimate of drug-likeness (QED) is 0.624. The Hall–Kier alpha value is -3.73. The number of nitrogen functional groups attached to an aromatic ring is 1. The first kappa shape index (κ1) is 18.6. The third-order valence-electron chi connectivity index (χ3n) is 4.28. The lowest BCUT2D eigenvalue weighted by Crippen LogP contribution is -2.25. The molecule has 4 rings (SSSR count). The number of rotatable bonds is 2. The maximum absolute atomic E-state index is 12.8. The first-order valence-electron chi connectivity index (χ1n) is 8.80. The number of amides is 1. The van der Waals surface area contributed by atoms with E-state index in [1.165, 1.54) is 24.0 Å². The minimum Gasteiger partial charge on any atom is -0.487 e. The van der Waals surface area contributed by atoms with Crippen LogP contribution in [-0.2, 0) is 11.8 Å². The van der Waals surface area contributed by atoms with Crippen molar-refractivity contribution >= 4 is 28.7 Å². The molecule has 3 N–H and O–H groups in total. The predicted octanol–water partition coefficient (Wildman–Crippen LogP) is 0.346. The third kappa shape index (κ3) is 3.67. The van der Waals surface area contributed by atoms with Crippen molar-refractivity contribution < 1.29 is 19.0 Å². The van der Waals surface area contributed by atoms with E-state index < -0.39 is 5.91 Å². The maximum atomic E-state index is 12.8. The number of nitrogens with two attached hydrogens (primary N) is 1. The molecule has 1 amide bonds. The van der Waals surface area contributed by atoms with Crippen molar-refractivity contribution in [3.05, 3.63) is 40.4 Å². The van der Waals surface area contributed by atoms with Gasteiger partial charge in [-0.1, -0.05) is 0 Å². The second-order valence-electron chi connectivity index (χ2n) is 6.18. The summed E-state index contributed by atoms with van der Waals surface area (Å²) in [6.45, 7) is 1.42. The fourth-order valence-corrected chi connectivity index (χ4v) is 2.80. The molecule has 0 radical (unpaired) electrons. The van der Waals surface area contributed by atoms with E-state index in [1.807, 2.05) is 0 Å². The van der Waals surface area contributed by atoms with Crippen LogP contribution in [0.1, 0.15) is 10.4 Å². The van der Waals surface area contributed by atoms with E-state index in [4.69, 9.17) is 19.9 Å². The van der Waals surface area contributed by atoms with Crippen LogP contribution in [0.4, 0.5) is 11.9 Å². The highest BCUT2D eigenvalue weighted by molar-refractivity contribution is 6.03. The SMILES string of the molecule is Cn1c(NC(=O)c2cnc(N)nc2)nc2c3c(ccc2c1=O)OCCOCCO3. The number of ether oxygens (including phenoxy) is 3. The van der Waals surface area contributed by atoms with Gasteiger partial charge in [-0.05, 0) is 12.1 Å². The van der Waals surface area contributed by atoms with E-state index >= 15 is 0 Å². The van der Waals surface area contributed by atoms with Crippen molar-refractivity contribution in [2.45, 2.75) is 0 Å². The monoisotopic (exact) mass is 398 g/mol. The zero-order valence-electron chi connectivity index (χ0n) is 15.5. The van der Waals surface area contributed by atoms with Crippen LogP contribution in [-0.4, -0.2) is 51.9 Å². The van der Waals surface area contributed by atoms with Gasteiger partial charge in [-0.2, -0.15) is 0 Å². The van der Waals surface area contributed by atoms with Gasteiger partial charge in [0.2, 0.25) is 11.9 Å². The Morgan fingerprint density at radius 3 is 2.62 bits per heavy atom. The number of hydrogen-bond donors (Lipinski definition) is 2. The molecule has 11 heteroatoms. The van der Waals surface area contributed by atoms with Gasteiger partial charge in [0.15, 0.2) is 11.5 Å². The number of fused-ring (bicyclic) bond motifs is 3. The summed E-state index contributed by atoms with van der Waals surface area (Å²) < 4.78 is 18.0. The second-order valence-corrected chi connectivity index (χ2v) is 6.18. The first-order valence-corrected chi connectivity index (χ1v) is 8.80. The number of carbonyl (C=O) groups is 1. The summed E-state index contributed by atoms with van der Waals surface area (Å²) in [5.41, 5.74) is 5.55. The molecule has 29 heavy (non-hydrogen) atoms. The normalized spacial score (nSPS) is 14.0. The average molecular weight is 398 g/mol. The lowest BCUT2D eigenvalue weighted by atomic mass is 10.2. The lowest BCUT2D eigenvalue weighted by Gasteiger charge is -2.15. The molecule has 0 atom stereocenters. The van der Waals surface area contributed by atoms with Crippen LogP contribution in [0.25, 0.3) is 10.9 Å². The first-order chi connectivity index (χ1) is 14.0. The molecule has 0 unspecified atom stereocenters. The Balaban J connectivity index is 1.78. The minimum atomic E-state index is -0.534. The molecule has 3 aromatic rings. The summed E-state index contributed by atoms with van der Waals surface area (Å²) in [5.74, 6) is 0.337. The van der Waals surface area contributed by atoms with E-state index in [0.717, 1.165) is 0 Å². The number of carbonyl (C=O) groups excluding carboxylic acids is 1. The Labute approximate surface area is 164 Å². The Kier molecular flexibility index (Phi) is 4.96. The fraction of sp³-hybridized carbons (Fsp3) is 0.278. The molecule has 150 valence electrons. The number of nitrogens with zero attached hydrogens (tertiary/aromatic N) is 4. The van der Waals surface area contributed by atoms with Gasteiger partial charge >= 0.3 is 0 Å². The minimum absolute atomic E-state index is 0.0393. The molecule has 1 aromatic carbocycles. The number of hydrogen-bond acceptors (Lipinski definition) is 9. The highest BCUT2D eigenvalue weighted by Crippen LogP contribution is 2.34. The molecule has 0 saturated carbocycles. The summed E-state index contributed by atoms with van der Waals surface area (Å²) in [4.78, 5) is 37.4. The topological polar surface area (TPSA) is 143 Å². The summed E-state index contributed by atoms with van der Waals surface area (Å²) in [6.07, 6.45) is 2.57. The van der Waals surface area contributed by atoms with Crippen LogP contribution in [0.3, 0.4) is 0 Å². The third-order valence-corrected chi connectivity index (χ3v) is 4.28. The molecular formula is C18H18N6O5. The van der Waals surface area contributed by atoms with Gasteiger partial charge in [0, 0.05) is 19.4 Å². The van der Waals surface area contributed by atoms with Gasteiger partial charge < -0.3 is 19.9 Å². The van der Waals surface area contributed by atoms with Crippen LogP contribution in [0.15, 0.2) is 29.3 Å². The molecule has 2 aromatic heterocycles. The standard InChI is InChI=1S/C18H18N6O5/c1-24-16(26)11-2-3-12-14(29-7-5-27-4-6-28-12)13(11)22-18(24)23-15(25)10-8-20-17(19)21-9-10/h2-3,8-9H,4-7H2,1H3,(H2,19,20,21)(H,22,23,25). The van der Waals surface area contributed by atoms with Crippen molar-refractivity contribution in [1.82, 2.24) is 19.5 Å². The zero-order valence-corrected chi connectivity index (χ0v) is 15.5. The molecular weight excluding hydrogens is 380 g/mol. The molecule has 1 aliphatic heterocycles. The molecule has 3 heterocycles. The summed E-state index contributed by atoms with van der Waals surface area (Å²) in [7, 11) is 1.51. The molecule has 0 bridgehead atoms. The summed E-state index contributed by atoms with van der Waals surface area (Å²) in [6, 6.07) is 3.28. The van der Waals surface area contributed by atoms with E-state index in [-0.39, 0.29) is 35.1 Å². The Bertz CT molecular complexity index is 1130. The van der Waals surface area contributed by atoms with Crippen molar-refractivity contribution in [2.75, 3.05) is 37.5 Å². The summed E-state index contributed by atoms with van der Waals surface area (Å²) >= 11 is 0. The van der Waals surface area contributed by atoms with Gasteiger partial charge in [0.25, 0.3) is 11.5 Å². The van der Waals surface area contributed by atoms with Crippen LogP contribution < -0.4 is 26.1 Å².